The quantitative estimate of drug-likeness (QED) is 0.585. The molecule has 0 N–H and O–H groups in total. The van der Waals surface area contributed by atoms with Crippen LogP contribution in [0.3, 0.4) is 0 Å². The lowest BCUT2D eigenvalue weighted by molar-refractivity contribution is -0.384. The highest BCUT2D eigenvalue weighted by atomic mass is 16.6. The van der Waals surface area contributed by atoms with Gasteiger partial charge in [-0.25, -0.2) is 0 Å². The first-order valence-corrected chi connectivity index (χ1v) is 10.1. The van der Waals surface area contributed by atoms with Crippen molar-refractivity contribution in [3.05, 3.63) is 34.4 Å². The van der Waals surface area contributed by atoms with E-state index < -0.39 is 0 Å². The summed E-state index contributed by atoms with van der Waals surface area (Å²) in [5.41, 5.74) is 0.817. The third kappa shape index (κ3) is 4.24. The van der Waals surface area contributed by atoms with Crippen molar-refractivity contribution in [3.63, 3.8) is 0 Å². The van der Waals surface area contributed by atoms with Crippen molar-refractivity contribution in [2.45, 2.75) is 51.6 Å². The second-order valence-electron chi connectivity index (χ2n) is 7.53. The maximum Gasteiger partial charge on any atom is 0.292 e. The Labute approximate surface area is 161 Å². The second kappa shape index (κ2) is 8.69. The summed E-state index contributed by atoms with van der Waals surface area (Å²) in [6.07, 6.45) is 4.44. The van der Waals surface area contributed by atoms with Crippen LogP contribution in [0.5, 0.6) is 0 Å². The van der Waals surface area contributed by atoms with Crippen LogP contribution < -0.4 is 4.90 Å². The molecule has 27 heavy (non-hydrogen) atoms. The highest BCUT2D eigenvalue weighted by molar-refractivity contribution is 5.82. The van der Waals surface area contributed by atoms with Crippen LogP contribution in [0.2, 0.25) is 0 Å². The Hall–Kier alpha value is -2.15. The summed E-state index contributed by atoms with van der Waals surface area (Å²) in [6, 6.07) is 7.13. The van der Waals surface area contributed by atoms with Gasteiger partial charge in [-0.15, -0.1) is 0 Å². The third-order valence-electron chi connectivity index (χ3n) is 6.02. The van der Waals surface area contributed by atoms with Crippen molar-refractivity contribution in [2.75, 3.05) is 37.6 Å². The number of hydrogen-bond donors (Lipinski definition) is 0. The van der Waals surface area contributed by atoms with E-state index >= 15 is 0 Å². The number of rotatable bonds is 5. The van der Waals surface area contributed by atoms with E-state index in [0.717, 1.165) is 38.9 Å². The van der Waals surface area contributed by atoms with Gasteiger partial charge in [0.05, 0.1) is 11.0 Å². The fourth-order valence-corrected chi connectivity index (χ4v) is 4.35. The fourth-order valence-electron chi connectivity index (χ4n) is 4.35. The highest BCUT2D eigenvalue weighted by Gasteiger charge is 2.33. The number of amides is 1. The van der Waals surface area contributed by atoms with E-state index in [4.69, 9.17) is 0 Å². The zero-order valence-corrected chi connectivity index (χ0v) is 16.3. The molecule has 2 saturated heterocycles. The van der Waals surface area contributed by atoms with Gasteiger partial charge in [-0.05, 0) is 38.7 Å². The van der Waals surface area contributed by atoms with E-state index in [1.807, 2.05) is 19.1 Å². The highest BCUT2D eigenvalue weighted by Crippen LogP contribution is 2.29. The number of piperazine rings is 1. The molecule has 1 amide bonds. The van der Waals surface area contributed by atoms with E-state index in [2.05, 4.69) is 21.6 Å². The van der Waals surface area contributed by atoms with Gasteiger partial charge in [0.25, 0.3) is 5.69 Å². The standard InChI is InChI=1S/C20H30N4O3/c1-3-17-8-6-7-11-23(17)20(25)16(2)21-12-14-22(15-13-21)18-9-4-5-10-19(18)24(26)27/h4-5,9-10,16-17H,3,6-8,11-15H2,1-2H3. The Balaban J connectivity index is 1.62. The number of likely N-dealkylation sites (tertiary alicyclic amines) is 1. The minimum Gasteiger partial charge on any atom is -0.363 e. The van der Waals surface area contributed by atoms with Crippen LogP contribution in [-0.4, -0.2) is 65.4 Å². The fraction of sp³-hybridized carbons (Fsp3) is 0.650. The van der Waals surface area contributed by atoms with Crippen molar-refractivity contribution in [1.29, 1.82) is 0 Å². The number of carbonyl (C=O) groups is 1. The summed E-state index contributed by atoms with van der Waals surface area (Å²) < 4.78 is 0. The number of para-hydroxylation sites is 2. The lowest BCUT2D eigenvalue weighted by atomic mass is 9.99. The SMILES string of the molecule is CCC1CCCCN1C(=O)C(C)N1CCN(c2ccccc2[N+](=O)[O-])CC1. The number of nitrogens with zero attached hydrogens (tertiary/aromatic N) is 4. The molecule has 0 bridgehead atoms. The number of anilines is 1. The Morgan fingerprint density at radius 2 is 1.89 bits per heavy atom. The summed E-state index contributed by atoms with van der Waals surface area (Å²) in [4.78, 5) is 30.4. The molecule has 1 aromatic carbocycles. The van der Waals surface area contributed by atoms with Crippen molar-refractivity contribution in [1.82, 2.24) is 9.80 Å². The monoisotopic (exact) mass is 374 g/mol. The smallest absolute Gasteiger partial charge is 0.292 e. The predicted molar refractivity (Wildman–Crippen MR) is 106 cm³/mol. The van der Waals surface area contributed by atoms with Gasteiger partial charge in [-0.1, -0.05) is 19.1 Å². The maximum absolute atomic E-state index is 13.0. The molecule has 7 nitrogen and oxygen atoms in total. The summed E-state index contributed by atoms with van der Waals surface area (Å²) in [5.74, 6) is 0.237. The normalized spacial score (nSPS) is 22.5. The van der Waals surface area contributed by atoms with Crippen LogP contribution in [0, 0.1) is 10.1 Å². The summed E-state index contributed by atoms with van der Waals surface area (Å²) in [7, 11) is 0. The first kappa shape index (κ1) is 19.6. The van der Waals surface area contributed by atoms with Crippen molar-refractivity contribution >= 4 is 17.3 Å². The number of nitro groups is 1. The molecule has 2 fully saturated rings. The Kier molecular flexibility index (Phi) is 6.31. The molecule has 2 heterocycles. The van der Waals surface area contributed by atoms with Crippen LogP contribution in [0.1, 0.15) is 39.5 Å². The van der Waals surface area contributed by atoms with Gasteiger partial charge >= 0.3 is 0 Å². The lowest BCUT2D eigenvalue weighted by Crippen LogP contribution is -2.56. The average molecular weight is 374 g/mol. The number of piperidine rings is 1. The van der Waals surface area contributed by atoms with Crippen LogP contribution in [0.4, 0.5) is 11.4 Å². The molecule has 3 rings (SSSR count). The molecule has 0 spiro atoms. The topological polar surface area (TPSA) is 69.9 Å². The molecule has 2 unspecified atom stereocenters. The maximum atomic E-state index is 13.0. The Morgan fingerprint density at radius 1 is 1.19 bits per heavy atom. The molecule has 2 aliphatic heterocycles. The lowest BCUT2D eigenvalue weighted by Gasteiger charge is -2.42. The minimum atomic E-state index is -0.324. The average Bonchev–Trinajstić information content (AvgIpc) is 2.72. The third-order valence-corrected chi connectivity index (χ3v) is 6.02. The molecular formula is C20H30N4O3. The van der Waals surface area contributed by atoms with Gasteiger partial charge < -0.3 is 9.80 Å². The van der Waals surface area contributed by atoms with Crippen molar-refractivity contribution in [3.8, 4) is 0 Å². The largest absolute Gasteiger partial charge is 0.363 e. The molecule has 0 radical (unpaired) electrons. The van der Waals surface area contributed by atoms with E-state index in [9.17, 15) is 14.9 Å². The first-order valence-electron chi connectivity index (χ1n) is 10.1. The zero-order valence-electron chi connectivity index (χ0n) is 16.3. The van der Waals surface area contributed by atoms with Crippen molar-refractivity contribution in [2.24, 2.45) is 0 Å². The molecule has 1 aromatic rings. The summed E-state index contributed by atoms with van der Waals surface area (Å²) in [6.45, 7) is 7.90. The minimum absolute atomic E-state index is 0.134. The summed E-state index contributed by atoms with van der Waals surface area (Å²) >= 11 is 0. The molecule has 2 atom stereocenters. The number of nitro benzene ring substituents is 1. The van der Waals surface area contributed by atoms with Crippen molar-refractivity contribution < 1.29 is 9.72 Å². The molecule has 148 valence electrons. The molecule has 0 aliphatic carbocycles. The Morgan fingerprint density at radius 3 is 2.56 bits per heavy atom. The van der Waals surface area contributed by atoms with Crippen LogP contribution in [0.15, 0.2) is 24.3 Å². The molecule has 0 aromatic heterocycles. The first-order chi connectivity index (χ1) is 13.0. The predicted octanol–water partition coefficient (Wildman–Crippen LogP) is 2.90. The molecule has 7 heteroatoms. The molecule has 2 aliphatic rings. The van der Waals surface area contributed by atoms with Crippen LogP contribution in [-0.2, 0) is 4.79 Å². The van der Waals surface area contributed by atoms with Gasteiger partial charge in [0.1, 0.15) is 5.69 Å². The summed E-state index contributed by atoms with van der Waals surface area (Å²) in [5, 5.41) is 11.3. The van der Waals surface area contributed by atoms with Crippen LogP contribution in [0.25, 0.3) is 0 Å². The van der Waals surface area contributed by atoms with E-state index in [0.29, 0.717) is 24.8 Å². The van der Waals surface area contributed by atoms with Gasteiger partial charge in [0.2, 0.25) is 5.91 Å². The van der Waals surface area contributed by atoms with E-state index in [-0.39, 0.29) is 22.6 Å². The second-order valence-corrected chi connectivity index (χ2v) is 7.53. The number of hydrogen-bond acceptors (Lipinski definition) is 5. The molecule has 0 saturated carbocycles. The van der Waals surface area contributed by atoms with Crippen LogP contribution >= 0.6 is 0 Å². The van der Waals surface area contributed by atoms with Gasteiger partial charge in [-0.3, -0.25) is 19.8 Å². The van der Waals surface area contributed by atoms with Gasteiger partial charge in [-0.2, -0.15) is 0 Å². The molecular weight excluding hydrogens is 344 g/mol. The number of benzene rings is 1. The van der Waals surface area contributed by atoms with E-state index in [1.165, 1.54) is 6.42 Å². The zero-order chi connectivity index (χ0) is 19.4. The van der Waals surface area contributed by atoms with Gasteiger partial charge in [0, 0.05) is 44.8 Å². The number of carbonyl (C=O) groups excluding carboxylic acids is 1. The Bertz CT molecular complexity index is 673. The van der Waals surface area contributed by atoms with E-state index in [1.54, 1.807) is 12.1 Å². The van der Waals surface area contributed by atoms with Gasteiger partial charge in [0.15, 0.2) is 0 Å².